The van der Waals surface area contributed by atoms with Gasteiger partial charge >= 0.3 is 5.97 Å². The lowest BCUT2D eigenvalue weighted by molar-refractivity contribution is -0.138. The quantitative estimate of drug-likeness (QED) is 0.353. The van der Waals surface area contributed by atoms with Crippen molar-refractivity contribution < 1.29 is 14.3 Å². The molecule has 2 N–H and O–H groups in total. The standard InChI is InChI=1S/C27H38N4O3/c1-6-17(4)18(5)22(7-2)30-11-12-31(27(16-30)9-10-27)23(32)15-29-21-14-19-13-20(19)24(21)25(28)26(33)34-8-3/h6-7,19-20H,1,8-16,28H2,2-5H3/b18-17-,22-7+,25-24-,29-21?. The summed E-state index contributed by atoms with van der Waals surface area (Å²) in [5.74, 6) is 0.389. The van der Waals surface area contributed by atoms with Gasteiger partial charge in [-0.2, -0.15) is 0 Å². The highest BCUT2D eigenvalue weighted by Gasteiger charge is 2.54. The zero-order valence-electron chi connectivity index (χ0n) is 21.0. The van der Waals surface area contributed by atoms with Crippen molar-refractivity contribution in [1.82, 2.24) is 9.80 Å². The monoisotopic (exact) mass is 466 g/mol. The average molecular weight is 467 g/mol. The molecule has 4 rings (SSSR count). The molecule has 0 bridgehead atoms. The van der Waals surface area contributed by atoms with Crippen molar-refractivity contribution in [3.05, 3.63) is 46.8 Å². The van der Waals surface area contributed by atoms with Gasteiger partial charge in [-0.1, -0.05) is 18.7 Å². The number of piperazine rings is 1. The van der Waals surface area contributed by atoms with Gasteiger partial charge in [-0.15, -0.1) is 0 Å². The Kier molecular flexibility index (Phi) is 6.74. The van der Waals surface area contributed by atoms with Crippen LogP contribution in [0.25, 0.3) is 0 Å². The maximum Gasteiger partial charge on any atom is 0.354 e. The molecule has 0 aromatic carbocycles. The topological polar surface area (TPSA) is 88.2 Å². The molecule has 4 fully saturated rings. The third-order valence-electron chi connectivity index (χ3n) is 7.93. The molecule has 1 spiro atoms. The fourth-order valence-corrected chi connectivity index (χ4v) is 5.61. The van der Waals surface area contributed by atoms with Gasteiger partial charge in [0.25, 0.3) is 0 Å². The van der Waals surface area contributed by atoms with Crippen LogP contribution in [0.4, 0.5) is 0 Å². The number of hydrogen-bond acceptors (Lipinski definition) is 6. The molecule has 3 saturated carbocycles. The van der Waals surface area contributed by atoms with Gasteiger partial charge in [-0.05, 0) is 76.4 Å². The van der Waals surface area contributed by atoms with Crippen molar-refractivity contribution in [3.63, 3.8) is 0 Å². The molecular weight excluding hydrogens is 428 g/mol. The Labute approximate surface area is 203 Å². The van der Waals surface area contributed by atoms with Crippen LogP contribution in [0.5, 0.6) is 0 Å². The first-order valence-corrected chi connectivity index (χ1v) is 12.5. The fraction of sp³-hybridized carbons (Fsp3) is 0.593. The molecule has 4 aliphatic rings. The Hall–Kier alpha value is -2.83. The lowest BCUT2D eigenvalue weighted by Crippen LogP contribution is -2.57. The molecule has 0 aromatic rings. The molecule has 1 aliphatic heterocycles. The minimum Gasteiger partial charge on any atom is -0.461 e. The first-order chi connectivity index (χ1) is 16.3. The number of hydrogen-bond donors (Lipinski definition) is 1. The molecule has 0 aromatic heterocycles. The molecule has 184 valence electrons. The van der Waals surface area contributed by atoms with E-state index in [-0.39, 0.29) is 30.3 Å². The number of ether oxygens (including phenoxy) is 1. The number of fused-ring (bicyclic) bond motifs is 1. The van der Waals surface area contributed by atoms with Gasteiger partial charge in [0.1, 0.15) is 12.2 Å². The van der Waals surface area contributed by atoms with Gasteiger partial charge in [0.05, 0.1) is 12.1 Å². The average Bonchev–Trinajstić information content (AvgIpc) is 3.74. The van der Waals surface area contributed by atoms with Crippen LogP contribution in [0.2, 0.25) is 0 Å². The maximum atomic E-state index is 13.3. The summed E-state index contributed by atoms with van der Waals surface area (Å²) in [6.45, 7) is 14.7. The number of nitrogens with zero attached hydrogens (tertiary/aromatic N) is 3. The molecule has 1 amide bonds. The molecule has 7 heteroatoms. The molecule has 3 aliphatic carbocycles. The molecule has 2 unspecified atom stereocenters. The van der Waals surface area contributed by atoms with Crippen LogP contribution in [0.3, 0.4) is 0 Å². The van der Waals surface area contributed by atoms with Crippen molar-refractivity contribution in [1.29, 1.82) is 0 Å². The first-order valence-electron chi connectivity index (χ1n) is 12.5. The smallest absolute Gasteiger partial charge is 0.354 e. The lowest BCUT2D eigenvalue weighted by atomic mass is 10.0. The summed E-state index contributed by atoms with van der Waals surface area (Å²) in [4.78, 5) is 34.6. The Morgan fingerprint density at radius 3 is 2.65 bits per heavy atom. The van der Waals surface area contributed by atoms with E-state index in [2.05, 4.69) is 43.3 Å². The second kappa shape index (κ2) is 9.43. The van der Waals surface area contributed by atoms with Crippen molar-refractivity contribution in [2.45, 2.75) is 58.9 Å². The van der Waals surface area contributed by atoms with Gasteiger partial charge in [0.15, 0.2) is 0 Å². The van der Waals surface area contributed by atoms with Crippen molar-refractivity contribution in [2.24, 2.45) is 22.6 Å². The highest BCUT2D eigenvalue weighted by Crippen LogP contribution is 2.54. The number of nitrogens with two attached hydrogens (primary N) is 1. The third-order valence-corrected chi connectivity index (χ3v) is 7.93. The molecule has 0 radical (unpaired) electrons. The number of esters is 1. The van der Waals surface area contributed by atoms with E-state index < -0.39 is 5.97 Å². The van der Waals surface area contributed by atoms with Crippen molar-refractivity contribution >= 4 is 17.6 Å². The van der Waals surface area contributed by atoms with Crippen LogP contribution in [0.1, 0.15) is 53.4 Å². The summed E-state index contributed by atoms with van der Waals surface area (Å²) >= 11 is 0. The van der Waals surface area contributed by atoms with E-state index in [1.165, 1.54) is 16.8 Å². The Bertz CT molecular complexity index is 1010. The summed E-state index contributed by atoms with van der Waals surface area (Å²) < 4.78 is 5.09. The summed E-state index contributed by atoms with van der Waals surface area (Å²) in [6.07, 6.45) is 7.95. The summed E-state index contributed by atoms with van der Waals surface area (Å²) in [7, 11) is 0. The van der Waals surface area contributed by atoms with Crippen LogP contribution in [-0.2, 0) is 14.3 Å². The molecule has 1 saturated heterocycles. The number of aliphatic imine (C=N–C) groups is 1. The summed E-state index contributed by atoms with van der Waals surface area (Å²) in [5.41, 5.74) is 11.5. The van der Waals surface area contributed by atoms with Gasteiger partial charge in [-0.25, -0.2) is 4.79 Å². The van der Waals surface area contributed by atoms with E-state index >= 15 is 0 Å². The number of carbonyl (C=O) groups excluding carboxylic acids is 2. The van der Waals surface area contributed by atoms with Gasteiger partial charge in [0, 0.05) is 36.6 Å². The van der Waals surface area contributed by atoms with Gasteiger partial charge < -0.3 is 20.3 Å². The number of allylic oxidation sites excluding steroid dienone is 5. The summed E-state index contributed by atoms with van der Waals surface area (Å²) in [6, 6.07) is 0. The minimum absolute atomic E-state index is 0.0656. The Morgan fingerprint density at radius 2 is 2.03 bits per heavy atom. The molecule has 34 heavy (non-hydrogen) atoms. The van der Waals surface area contributed by atoms with Crippen molar-refractivity contribution in [2.75, 3.05) is 32.8 Å². The van der Waals surface area contributed by atoms with Crippen LogP contribution >= 0.6 is 0 Å². The zero-order chi connectivity index (χ0) is 24.6. The molecule has 1 heterocycles. The second-order valence-electron chi connectivity index (χ2n) is 9.99. The Balaban J connectivity index is 1.45. The van der Waals surface area contributed by atoms with E-state index in [1.807, 2.05) is 11.0 Å². The number of rotatable bonds is 7. The van der Waals surface area contributed by atoms with E-state index in [9.17, 15) is 9.59 Å². The fourth-order valence-electron chi connectivity index (χ4n) is 5.61. The van der Waals surface area contributed by atoms with Crippen LogP contribution in [0.15, 0.2) is 51.8 Å². The highest BCUT2D eigenvalue weighted by atomic mass is 16.5. The largest absolute Gasteiger partial charge is 0.461 e. The van der Waals surface area contributed by atoms with E-state index in [0.717, 1.165) is 50.1 Å². The SMILES string of the molecule is C=C/C(C)=C(C)\C(=C/C)N1CCN(C(=O)CN=C2CC3CC3/C2=C(/N)C(=O)OCC)C2(CC2)C1. The second-order valence-corrected chi connectivity index (χ2v) is 9.99. The van der Waals surface area contributed by atoms with Crippen LogP contribution < -0.4 is 5.73 Å². The summed E-state index contributed by atoms with van der Waals surface area (Å²) in [5, 5.41) is 0. The zero-order valence-corrected chi connectivity index (χ0v) is 21.0. The van der Waals surface area contributed by atoms with E-state index in [0.29, 0.717) is 18.4 Å². The predicted molar refractivity (Wildman–Crippen MR) is 134 cm³/mol. The number of amides is 1. The molecule has 7 nitrogen and oxygen atoms in total. The first kappa shape index (κ1) is 24.3. The van der Waals surface area contributed by atoms with Gasteiger partial charge in [0.2, 0.25) is 5.91 Å². The highest BCUT2D eigenvalue weighted by molar-refractivity contribution is 6.10. The van der Waals surface area contributed by atoms with E-state index in [1.54, 1.807) is 6.92 Å². The minimum atomic E-state index is -0.479. The molecular formula is C27H38N4O3. The normalized spacial score (nSPS) is 28.5. The van der Waals surface area contributed by atoms with Crippen LogP contribution in [-0.4, -0.2) is 65.7 Å². The van der Waals surface area contributed by atoms with Crippen LogP contribution in [0, 0.1) is 11.8 Å². The number of carbonyl (C=O) groups is 2. The lowest BCUT2D eigenvalue weighted by Gasteiger charge is -2.44. The predicted octanol–water partition coefficient (Wildman–Crippen LogP) is 3.35. The van der Waals surface area contributed by atoms with Crippen molar-refractivity contribution in [3.8, 4) is 0 Å². The Morgan fingerprint density at radius 1 is 1.29 bits per heavy atom. The van der Waals surface area contributed by atoms with Gasteiger partial charge in [-0.3, -0.25) is 9.79 Å². The molecule has 2 atom stereocenters. The van der Waals surface area contributed by atoms with E-state index in [4.69, 9.17) is 10.5 Å². The third kappa shape index (κ3) is 4.44. The maximum absolute atomic E-state index is 13.3.